The van der Waals surface area contributed by atoms with Crippen LogP contribution < -0.4 is 0 Å². The van der Waals surface area contributed by atoms with Gasteiger partial charge in [-0.15, -0.1) is 0 Å². The van der Waals surface area contributed by atoms with Crippen molar-refractivity contribution in [3.05, 3.63) is 35.9 Å². The van der Waals surface area contributed by atoms with E-state index in [1.165, 1.54) is 5.56 Å². The molecule has 1 aromatic carbocycles. The fraction of sp³-hybridized carbons (Fsp3) is 0.500. The van der Waals surface area contributed by atoms with Crippen molar-refractivity contribution in [3.63, 3.8) is 0 Å². The van der Waals surface area contributed by atoms with Crippen LogP contribution in [0.15, 0.2) is 30.3 Å². The molecule has 3 heteroatoms. The van der Waals surface area contributed by atoms with E-state index in [1.807, 2.05) is 19.9 Å². The standard InChI is InChI=1S/C12H21O2P/c1-4-13-15(3,14-5-2)11-12-9-7-6-8-10-12/h6-10,15H,4-5,11H2,1-3H3. The summed E-state index contributed by atoms with van der Waals surface area (Å²) in [4.78, 5) is 0. The van der Waals surface area contributed by atoms with E-state index in [-0.39, 0.29) is 0 Å². The van der Waals surface area contributed by atoms with Crippen LogP contribution in [0, 0.1) is 0 Å². The summed E-state index contributed by atoms with van der Waals surface area (Å²) in [5.74, 6) is 0. The van der Waals surface area contributed by atoms with Gasteiger partial charge in [0.2, 0.25) is 0 Å². The topological polar surface area (TPSA) is 18.5 Å². The van der Waals surface area contributed by atoms with Crippen LogP contribution >= 0.6 is 7.72 Å². The molecule has 0 amide bonds. The van der Waals surface area contributed by atoms with E-state index in [0.29, 0.717) is 0 Å². The van der Waals surface area contributed by atoms with E-state index in [0.717, 1.165) is 19.4 Å². The predicted octanol–water partition coefficient (Wildman–Crippen LogP) is 3.47. The van der Waals surface area contributed by atoms with Crippen LogP contribution in [-0.4, -0.2) is 19.9 Å². The molecule has 0 aliphatic heterocycles. The van der Waals surface area contributed by atoms with Gasteiger partial charge >= 0.3 is 92.5 Å². The molecule has 15 heavy (non-hydrogen) atoms. The zero-order chi connectivity index (χ0) is 11.1. The third-order valence-corrected chi connectivity index (χ3v) is 5.12. The summed E-state index contributed by atoms with van der Waals surface area (Å²) in [6.07, 6.45) is 0.926. The van der Waals surface area contributed by atoms with Crippen molar-refractivity contribution < 1.29 is 9.05 Å². The molecule has 0 bridgehead atoms. The van der Waals surface area contributed by atoms with Gasteiger partial charge < -0.3 is 0 Å². The molecule has 86 valence electrons. The average Bonchev–Trinajstić information content (AvgIpc) is 2.19. The Labute approximate surface area is 93.1 Å². The number of hydrogen-bond donors (Lipinski definition) is 0. The third kappa shape index (κ3) is 4.29. The second kappa shape index (κ2) is 6.22. The second-order valence-electron chi connectivity index (χ2n) is 3.66. The second-order valence-corrected chi connectivity index (χ2v) is 6.86. The summed E-state index contributed by atoms with van der Waals surface area (Å²) in [6.45, 7) is 7.64. The summed E-state index contributed by atoms with van der Waals surface area (Å²) < 4.78 is 11.6. The van der Waals surface area contributed by atoms with Crippen LogP contribution in [0.4, 0.5) is 0 Å². The van der Waals surface area contributed by atoms with Gasteiger partial charge in [-0.05, 0) is 0 Å². The van der Waals surface area contributed by atoms with Gasteiger partial charge in [0, 0.05) is 0 Å². The monoisotopic (exact) mass is 228 g/mol. The van der Waals surface area contributed by atoms with Gasteiger partial charge in [-0.2, -0.15) is 0 Å². The van der Waals surface area contributed by atoms with Gasteiger partial charge in [0.1, 0.15) is 0 Å². The van der Waals surface area contributed by atoms with Gasteiger partial charge in [-0.25, -0.2) is 0 Å². The van der Waals surface area contributed by atoms with Gasteiger partial charge in [0.15, 0.2) is 0 Å². The Bertz CT molecular complexity index is 268. The van der Waals surface area contributed by atoms with Crippen molar-refractivity contribution in [3.8, 4) is 0 Å². The first kappa shape index (κ1) is 12.6. The van der Waals surface area contributed by atoms with Gasteiger partial charge in [0.05, 0.1) is 0 Å². The van der Waals surface area contributed by atoms with Crippen LogP contribution in [0.25, 0.3) is 0 Å². The fourth-order valence-electron chi connectivity index (χ4n) is 1.72. The number of benzene rings is 1. The summed E-state index contributed by atoms with van der Waals surface area (Å²) in [5, 5.41) is 0. The van der Waals surface area contributed by atoms with Gasteiger partial charge in [-0.3, -0.25) is 0 Å². The van der Waals surface area contributed by atoms with Crippen molar-refractivity contribution in [1.29, 1.82) is 0 Å². The maximum atomic E-state index is 5.79. The first-order valence-electron chi connectivity index (χ1n) is 5.52. The first-order chi connectivity index (χ1) is 7.20. The molecule has 0 saturated heterocycles. The Morgan fingerprint density at radius 2 is 1.53 bits per heavy atom. The maximum absolute atomic E-state index is 5.79. The van der Waals surface area contributed by atoms with Crippen molar-refractivity contribution in [2.24, 2.45) is 0 Å². The van der Waals surface area contributed by atoms with Crippen LogP contribution in [0.3, 0.4) is 0 Å². The summed E-state index contributed by atoms with van der Waals surface area (Å²) in [6, 6.07) is 10.4. The zero-order valence-electron chi connectivity index (χ0n) is 9.82. The van der Waals surface area contributed by atoms with Gasteiger partial charge in [0.25, 0.3) is 0 Å². The van der Waals surface area contributed by atoms with E-state index in [9.17, 15) is 0 Å². The molecule has 0 radical (unpaired) electrons. The zero-order valence-corrected chi connectivity index (χ0v) is 10.8. The Morgan fingerprint density at radius 1 is 1.00 bits per heavy atom. The molecule has 0 aliphatic carbocycles. The molecule has 0 atom stereocenters. The third-order valence-electron chi connectivity index (χ3n) is 2.27. The molecule has 1 aromatic rings. The van der Waals surface area contributed by atoms with Crippen molar-refractivity contribution in [2.45, 2.75) is 20.0 Å². The molecule has 0 aromatic heterocycles. The van der Waals surface area contributed by atoms with E-state index in [2.05, 4.69) is 30.9 Å². The molecule has 1 rings (SSSR count). The molecule has 0 aliphatic rings. The van der Waals surface area contributed by atoms with Crippen LogP contribution in [-0.2, 0) is 15.2 Å². The molecule has 0 fully saturated rings. The van der Waals surface area contributed by atoms with Crippen molar-refractivity contribution >= 4 is 7.72 Å². The molecule has 2 nitrogen and oxygen atoms in total. The Hall–Kier alpha value is -0.430. The van der Waals surface area contributed by atoms with Crippen LogP contribution in [0.5, 0.6) is 0 Å². The number of hydrogen-bond acceptors (Lipinski definition) is 2. The molecular formula is C12H21O2P. The quantitative estimate of drug-likeness (QED) is 0.694. The Kier molecular flexibility index (Phi) is 5.24. The van der Waals surface area contributed by atoms with Crippen molar-refractivity contribution in [2.75, 3.05) is 19.9 Å². The van der Waals surface area contributed by atoms with Gasteiger partial charge in [-0.1, -0.05) is 0 Å². The summed E-state index contributed by atoms with van der Waals surface area (Å²) in [5.41, 5.74) is 1.30. The van der Waals surface area contributed by atoms with E-state index < -0.39 is 7.72 Å². The normalized spacial score (nSPS) is 12.7. The molecular weight excluding hydrogens is 207 g/mol. The average molecular weight is 228 g/mol. The van der Waals surface area contributed by atoms with Crippen LogP contribution in [0.2, 0.25) is 0 Å². The molecule has 0 unspecified atom stereocenters. The molecule has 0 saturated carbocycles. The SMILES string of the molecule is CCO[PH](C)(Cc1ccccc1)OCC. The molecule has 0 spiro atoms. The Balaban J connectivity index is 2.66. The van der Waals surface area contributed by atoms with Crippen LogP contribution in [0.1, 0.15) is 19.4 Å². The molecule has 0 heterocycles. The number of rotatable bonds is 6. The predicted molar refractivity (Wildman–Crippen MR) is 67.6 cm³/mol. The van der Waals surface area contributed by atoms with E-state index in [1.54, 1.807) is 0 Å². The van der Waals surface area contributed by atoms with E-state index >= 15 is 0 Å². The van der Waals surface area contributed by atoms with Crippen molar-refractivity contribution in [1.82, 2.24) is 0 Å². The minimum absolute atomic E-state index is 0.732. The Morgan fingerprint density at radius 3 is 2.00 bits per heavy atom. The molecule has 0 N–H and O–H groups in total. The fourth-order valence-corrected chi connectivity index (χ4v) is 4.21. The first-order valence-corrected chi connectivity index (χ1v) is 8.04. The summed E-state index contributed by atoms with van der Waals surface area (Å²) >= 11 is 0. The summed E-state index contributed by atoms with van der Waals surface area (Å²) in [7, 11) is -1.99. The van der Waals surface area contributed by atoms with E-state index in [4.69, 9.17) is 9.05 Å². The minimum atomic E-state index is -1.99.